The van der Waals surface area contributed by atoms with E-state index in [-0.39, 0.29) is 79.1 Å². The lowest BCUT2D eigenvalue weighted by atomic mass is 9.42. The first-order valence-corrected chi connectivity index (χ1v) is 17.5. The molecule has 6 fully saturated rings. The fourth-order valence-electron chi connectivity index (χ4n) is 12.5. The highest BCUT2D eigenvalue weighted by atomic mass is 16.5. The number of anilines is 1. The Morgan fingerprint density at radius 2 is 1.78 bits per heavy atom. The third kappa shape index (κ3) is 4.45. The van der Waals surface area contributed by atoms with Crippen LogP contribution < -0.4 is 5.32 Å². The van der Waals surface area contributed by atoms with Crippen LogP contribution in [0.5, 0.6) is 0 Å². The molecule has 1 aliphatic heterocycles. The molecule has 4 N–H and O–H groups in total. The summed E-state index contributed by atoms with van der Waals surface area (Å²) in [6, 6.07) is 6.04. The zero-order valence-electron chi connectivity index (χ0n) is 28.9. The third-order valence-electron chi connectivity index (χ3n) is 13.8. The second-order valence-electron chi connectivity index (χ2n) is 15.2. The summed E-state index contributed by atoms with van der Waals surface area (Å²) in [4.78, 5) is 39.6. The molecule has 1 unspecified atom stereocenters. The van der Waals surface area contributed by atoms with Crippen molar-refractivity contribution in [3.05, 3.63) is 29.8 Å². The highest BCUT2D eigenvalue weighted by Gasteiger charge is 2.91. The minimum absolute atomic E-state index is 0.0305. The molecule has 0 radical (unpaired) electrons. The summed E-state index contributed by atoms with van der Waals surface area (Å²) in [5.41, 5.74) is -4.18. The van der Waals surface area contributed by atoms with Crippen LogP contribution in [0.1, 0.15) is 55.8 Å². The number of aliphatic carboxylic acids is 1. The molecular formula is C36H50N2O11. The van der Waals surface area contributed by atoms with Gasteiger partial charge in [0, 0.05) is 76.4 Å². The van der Waals surface area contributed by atoms with Crippen LogP contribution in [0, 0.1) is 34.5 Å². The number of nitrogens with one attached hydrogen (secondary N) is 1. The van der Waals surface area contributed by atoms with Gasteiger partial charge in [0.15, 0.2) is 0 Å². The SMILES string of the molecule is CCN1C[C@]2(COC(=O)c3ccccc3NC(=O)CCC(=O)O)CCC(OC)[C@@]34[C@@H]5C[C@H]6[C@H](OC)[C@@H]5[C@](O)(C[C@@H]6OC)[C@](O)([C@@H](OC)[C@H]23)[C@@H]14. The Kier molecular flexibility index (Phi) is 8.69. The molecule has 0 aromatic heterocycles. The lowest BCUT2D eigenvalue weighted by molar-refractivity contribution is -0.320. The van der Waals surface area contributed by atoms with Crippen molar-refractivity contribution < 1.29 is 53.4 Å². The number of likely N-dealkylation sites (tertiary alicyclic amines) is 1. The third-order valence-corrected chi connectivity index (χ3v) is 13.8. The van der Waals surface area contributed by atoms with Gasteiger partial charge in [-0.15, -0.1) is 0 Å². The molecule has 13 atom stereocenters. The Morgan fingerprint density at radius 3 is 2.43 bits per heavy atom. The number of benzene rings is 1. The summed E-state index contributed by atoms with van der Waals surface area (Å²) in [5.74, 6) is -2.97. The topological polar surface area (TPSA) is 173 Å². The molecule has 5 saturated carbocycles. The van der Waals surface area contributed by atoms with Crippen LogP contribution in [0.3, 0.4) is 0 Å². The van der Waals surface area contributed by atoms with Gasteiger partial charge in [0.25, 0.3) is 0 Å². The fraction of sp³-hybridized carbons (Fsp3) is 0.750. The van der Waals surface area contributed by atoms with Gasteiger partial charge in [0.1, 0.15) is 11.2 Å². The number of aliphatic hydroxyl groups is 2. The number of carbonyl (C=O) groups excluding carboxylic acids is 2. The minimum atomic E-state index is -1.70. The fourth-order valence-corrected chi connectivity index (χ4v) is 12.5. The van der Waals surface area contributed by atoms with Gasteiger partial charge in [-0.25, -0.2) is 4.79 Å². The van der Waals surface area contributed by atoms with E-state index in [9.17, 15) is 24.6 Å². The molecular weight excluding hydrogens is 636 g/mol. The maximum absolute atomic E-state index is 13.9. The Bertz CT molecular complexity index is 1490. The zero-order chi connectivity index (χ0) is 35.1. The highest BCUT2D eigenvalue weighted by Crippen LogP contribution is 2.80. The van der Waals surface area contributed by atoms with Gasteiger partial charge in [-0.3, -0.25) is 14.5 Å². The summed E-state index contributed by atoms with van der Waals surface area (Å²) in [7, 11) is 6.66. The summed E-state index contributed by atoms with van der Waals surface area (Å²) in [6.45, 7) is 3.20. The second kappa shape index (κ2) is 12.2. The van der Waals surface area contributed by atoms with Crippen molar-refractivity contribution in [1.29, 1.82) is 0 Å². The monoisotopic (exact) mass is 686 g/mol. The van der Waals surface area contributed by atoms with Crippen molar-refractivity contribution in [3.8, 4) is 0 Å². The smallest absolute Gasteiger partial charge is 0.340 e. The van der Waals surface area contributed by atoms with E-state index in [1.54, 1.807) is 52.7 Å². The van der Waals surface area contributed by atoms with Crippen LogP contribution >= 0.6 is 0 Å². The van der Waals surface area contributed by atoms with E-state index in [0.717, 1.165) is 6.42 Å². The molecule has 13 heteroatoms. The summed E-state index contributed by atoms with van der Waals surface area (Å²) < 4.78 is 31.2. The first-order valence-electron chi connectivity index (χ1n) is 17.5. The molecule has 270 valence electrons. The van der Waals surface area contributed by atoms with Crippen molar-refractivity contribution in [1.82, 2.24) is 4.90 Å². The Hall–Kier alpha value is -2.65. The number of para-hydroxylation sites is 1. The largest absolute Gasteiger partial charge is 0.481 e. The number of ether oxygens (including phenoxy) is 5. The standard InChI is InChI=1S/C36H50N2O11/c1-6-38-17-33(18-49-31(42)19-9-7-8-10-22(19)37-25(39)11-12-26(40)41)14-13-24(46-3)35-21-15-20-23(45-2)16-34(43,27(21)28(20)47-4)36(44,32(35)38)30(48-5)29(33)35/h7-10,20-21,23-24,27-30,32,43-44H,6,11-18H2,1-5H3,(H,37,39)(H,40,41)/t20-,21-,23+,24?,27-,28+,29-,30+,32+,33+,34-,35+,36+/m1/s1. The predicted octanol–water partition coefficient (Wildman–Crippen LogP) is 1.94. The van der Waals surface area contributed by atoms with Gasteiger partial charge in [-0.05, 0) is 43.9 Å². The van der Waals surface area contributed by atoms with Gasteiger partial charge in [0.2, 0.25) is 5.91 Å². The molecule has 7 bridgehead atoms. The van der Waals surface area contributed by atoms with Gasteiger partial charge in [0.05, 0.1) is 54.7 Å². The van der Waals surface area contributed by atoms with Crippen molar-refractivity contribution in [2.24, 2.45) is 34.5 Å². The number of nitrogens with zero attached hydrogens (tertiary/aromatic N) is 1. The number of hydrogen-bond acceptors (Lipinski definition) is 11. The van der Waals surface area contributed by atoms with Crippen molar-refractivity contribution >= 4 is 23.5 Å². The van der Waals surface area contributed by atoms with Crippen LogP contribution in [0.15, 0.2) is 24.3 Å². The quantitative estimate of drug-likeness (QED) is 0.236. The molecule has 7 rings (SSSR count). The van der Waals surface area contributed by atoms with E-state index in [2.05, 4.69) is 17.1 Å². The highest BCUT2D eigenvalue weighted by molar-refractivity contribution is 6.01. The number of rotatable bonds is 12. The number of piperidine rings is 1. The number of likely N-dealkylation sites (N-methyl/N-ethyl adjacent to an activating group) is 1. The van der Waals surface area contributed by atoms with Crippen molar-refractivity contribution in [3.63, 3.8) is 0 Å². The average molecular weight is 687 g/mol. The first kappa shape index (κ1) is 34.8. The van der Waals surface area contributed by atoms with Crippen molar-refractivity contribution in [2.75, 3.05) is 53.5 Å². The molecule has 1 spiro atoms. The number of carboxylic acid groups (broad SMARTS) is 1. The number of hydrogen-bond donors (Lipinski definition) is 4. The van der Waals surface area contributed by atoms with Gasteiger partial charge in [-0.1, -0.05) is 19.1 Å². The predicted molar refractivity (Wildman–Crippen MR) is 174 cm³/mol. The van der Waals surface area contributed by atoms with E-state index in [0.29, 0.717) is 25.9 Å². The molecule has 13 nitrogen and oxygen atoms in total. The molecule has 6 aliphatic rings. The number of fused-ring (bicyclic) bond motifs is 2. The Balaban J connectivity index is 1.29. The van der Waals surface area contributed by atoms with E-state index < -0.39 is 52.0 Å². The second-order valence-corrected chi connectivity index (χ2v) is 15.2. The van der Waals surface area contributed by atoms with E-state index in [1.807, 2.05) is 0 Å². The van der Waals surface area contributed by atoms with Crippen LogP contribution in [0.25, 0.3) is 0 Å². The Morgan fingerprint density at radius 1 is 1.02 bits per heavy atom. The Labute approximate surface area is 286 Å². The van der Waals surface area contributed by atoms with Crippen LogP contribution in [0.2, 0.25) is 0 Å². The maximum atomic E-state index is 13.9. The van der Waals surface area contributed by atoms with E-state index in [1.165, 1.54) is 0 Å². The number of esters is 1. The number of amides is 1. The lowest BCUT2D eigenvalue weighted by Crippen LogP contribution is -2.82. The molecule has 1 aromatic carbocycles. The molecule has 1 heterocycles. The van der Waals surface area contributed by atoms with E-state index >= 15 is 0 Å². The summed E-state index contributed by atoms with van der Waals surface area (Å²) in [6.07, 6.45) is 0.0966. The number of carboxylic acids is 1. The molecule has 1 amide bonds. The summed E-state index contributed by atoms with van der Waals surface area (Å²) >= 11 is 0. The number of carbonyl (C=O) groups is 3. The number of methoxy groups -OCH3 is 4. The molecule has 1 aromatic rings. The lowest BCUT2D eigenvalue weighted by Gasteiger charge is -2.70. The van der Waals surface area contributed by atoms with Crippen LogP contribution in [0.4, 0.5) is 5.69 Å². The maximum Gasteiger partial charge on any atom is 0.340 e. The first-order chi connectivity index (χ1) is 23.4. The van der Waals surface area contributed by atoms with Crippen LogP contribution in [-0.4, -0.2) is 128 Å². The molecule has 1 saturated heterocycles. The molecule has 49 heavy (non-hydrogen) atoms. The zero-order valence-corrected chi connectivity index (χ0v) is 28.9. The molecule has 5 aliphatic carbocycles. The normalized spacial score (nSPS) is 44.4. The average Bonchev–Trinajstić information content (AvgIpc) is 3.51. The van der Waals surface area contributed by atoms with E-state index in [4.69, 9.17) is 28.8 Å². The van der Waals surface area contributed by atoms with Gasteiger partial charge >= 0.3 is 11.9 Å². The van der Waals surface area contributed by atoms with Crippen molar-refractivity contribution in [2.45, 2.75) is 87.1 Å². The van der Waals surface area contributed by atoms with Gasteiger partial charge < -0.3 is 44.3 Å². The summed E-state index contributed by atoms with van der Waals surface area (Å²) in [5, 5.41) is 38.2. The van der Waals surface area contributed by atoms with Gasteiger partial charge in [-0.2, -0.15) is 0 Å². The van der Waals surface area contributed by atoms with Crippen LogP contribution in [-0.2, 0) is 33.3 Å². The minimum Gasteiger partial charge on any atom is -0.481 e.